The van der Waals surface area contributed by atoms with Crippen LogP contribution in [0.25, 0.3) is 0 Å². The zero-order valence-electron chi connectivity index (χ0n) is 12.3. The van der Waals surface area contributed by atoms with E-state index in [4.69, 9.17) is 5.73 Å². The van der Waals surface area contributed by atoms with Gasteiger partial charge in [-0.2, -0.15) is 0 Å². The van der Waals surface area contributed by atoms with Gasteiger partial charge in [0.1, 0.15) is 5.82 Å². The van der Waals surface area contributed by atoms with Gasteiger partial charge in [-0.1, -0.05) is 18.9 Å². The van der Waals surface area contributed by atoms with Crippen LogP contribution in [0.5, 0.6) is 0 Å². The van der Waals surface area contributed by atoms with Crippen LogP contribution in [0.4, 0.5) is 10.1 Å². The molecule has 1 saturated heterocycles. The predicted molar refractivity (Wildman–Crippen MR) is 81.3 cm³/mol. The smallest absolute Gasteiger partial charge is 0.130 e. The summed E-state index contributed by atoms with van der Waals surface area (Å²) in [5.74, 6) is 0.636. The van der Waals surface area contributed by atoms with E-state index in [2.05, 4.69) is 11.0 Å². The number of hydrogen-bond donors (Lipinski definition) is 1. The summed E-state index contributed by atoms with van der Waals surface area (Å²) in [6.45, 7) is 2.93. The van der Waals surface area contributed by atoms with Crippen molar-refractivity contribution >= 4 is 5.69 Å². The normalized spacial score (nSPS) is 28.1. The van der Waals surface area contributed by atoms with Gasteiger partial charge in [0.05, 0.1) is 0 Å². The minimum atomic E-state index is -0.254. The van der Waals surface area contributed by atoms with E-state index >= 15 is 0 Å². The number of nitrogens with two attached hydrogens (primary N) is 1. The summed E-state index contributed by atoms with van der Waals surface area (Å²) < 4.78 is 14.2. The maximum absolute atomic E-state index is 14.2. The van der Waals surface area contributed by atoms with Crippen molar-refractivity contribution in [2.24, 2.45) is 11.7 Å². The van der Waals surface area contributed by atoms with Crippen molar-refractivity contribution in [3.8, 4) is 0 Å². The summed E-state index contributed by atoms with van der Waals surface area (Å²) >= 11 is 0. The van der Waals surface area contributed by atoms with Crippen LogP contribution >= 0.6 is 0 Å². The zero-order chi connectivity index (χ0) is 14.1. The standard InChI is InChI=1S/C17H25FN2/c1-12(19)17-14(18)8-4-10-16(17)20-11-5-7-13-6-2-3-9-15(13)20/h4,8,10,12-13,15H,2-3,5-7,9,11,19H2,1H3. The highest BCUT2D eigenvalue weighted by Crippen LogP contribution is 2.40. The molecule has 3 heteroatoms. The molecule has 0 aromatic heterocycles. The maximum atomic E-state index is 14.2. The number of hydrogen-bond acceptors (Lipinski definition) is 2. The molecule has 3 atom stereocenters. The van der Waals surface area contributed by atoms with E-state index in [0.29, 0.717) is 11.6 Å². The van der Waals surface area contributed by atoms with Gasteiger partial charge in [0, 0.05) is 29.9 Å². The number of piperidine rings is 1. The van der Waals surface area contributed by atoms with Gasteiger partial charge in [-0.25, -0.2) is 4.39 Å². The maximum Gasteiger partial charge on any atom is 0.130 e. The van der Waals surface area contributed by atoms with Gasteiger partial charge in [-0.05, 0) is 50.7 Å². The molecule has 2 N–H and O–H groups in total. The Morgan fingerprint density at radius 1 is 1.20 bits per heavy atom. The quantitative estimate of drug-likeness (QED) is 0.884. The van der Waals surface area contributed by atoms with Crippen molar-refractivity contribution in [1.82, 2.24) is 0 Å². The number of halogens is 1. The molecule has 1 heterocycles. The minimum Gasteiger partial charge on any atom is -0.368 e. The van der Waals surface area contributed by atoms with E-state index in [1.54, 1.807) is 0 Å². The molecule has 2 fully saturated rings. The lowest BCUT2D eigenvalue weighted by Crippen LogP contribution is -2.47. The van der Waals surface area contributed by atoms with Crippen molar-refractivity contribution < 1.29 is 4.39 Å². The Morgan fingerprint density at radius 2 is 1.95 bits per heavy atom. The van der Waals surface area contributed by atoms with Crippen molar-refractivity contribution in [2.75, 3.05) is 11.4 Å². The monoisotopic (exact) mass is 276 g/mol. The molecule has 0 spiro atoms. The predicted octanol–water partition coefficient (Wildman–Crippen LogP) is 4.00. The molecule has 1 aromatic carbocycles. The van der Waals surface area contributed by atoms with Crippen LogP contribution in [0, 0.1) is 11.7 Å². The molecular weight excluding hydrogens is 251 g/mol. The van der Waals surface area contributed by atoms with Crippen LogP contribution < -0.4 is 10.6 Å². The molecule has 0 amide bonds. The van der Waals surface area contributed by atoms with E-state index in [0.717, 1.165) is 18.2 Å². The van der Waals surface area contributed by atoms with Crippen molar-refractivity contribution in [3.05, 3.63) is 29.6 Å². The van der Waals surface area contributed by atoms with Gasteiger partial charge in [-0.3, -0.25) is 0 Å². The van der Waals surface area contributed by atoms with Crippen LogP contribution in [-0.4, -0.2) is 12.6 Å². The molecule has 3 unspecified atom stereocenters. The number of anilines is 1. The molecule has 1 aromatic rings. The molecule has 1 saturated carbocycles. The van der Waals surface area contributed by atoms with E-state index in [9.17, 15) is 4.39 Å². The third-order valence-corrected chi connectivity index (χ3v) is 5.04. The summed E-state index contributed by atoms with van der Waals surface area (Å²) in [5, 5.41) is 0. The van der Waals surface area contributed by atoms with Gasteiger partial charge in [-0.15, -0.1) is 0 Å². The second-order valence-corrected chi connectivity index (χ2v) is 6.41. The number of benzene rings is 1. The van der Waals surface area contributed by atoms with Crippen molar-refractivity contribution in [3.63, 3.8) is 0 Å². The lowest BCUT2D eigenvalue weighted by Gasteiger charge is -2.46. The number of nitrogens with zero attached hydrogens (tertiary/aromatic N) is 1. The summed E-state index contributed by atoms with van der Waals surface area (Å²) in [6, 6.07) is 5.75. The van der Waals surface area contributed by atoms with Crippen molar-refractivity contribution in [1.29, 1.82) is 0 Å². The Kier molecular flexibility index (Phi) is 3.97. The largest absolute Gasteiger partial charge is 0.368 e. The Bertz CT molecular complexity index is 470. The van der Waals surface area contributed by atoms with Gasteiger partial charge >= 0.3 is 0 Å². The molecule has 2 aliphatic rings. The minimum absolute atomic E-state index is 0.157. The molecule has 3 rings (SSSR count). The number of fused-ring (bicyclic) bond motifs is 1. The summed E-state index contributed by atoms with van der Waals surface area (Å²) in [4.78, 5) is 2.45. The van der Waals surface area contributed by atoms with Crippen LogP contribution in [0.15, 0.2) is 18.2 Å². The first-order chi connectivity index (χ1) is 9.68. The first-order valence-electron chi connectivity index (χ1n) is 7.99. The van der Waals surface area contributed by atoms with E-state index in [1.165, 1.54) is 44.6 Å². The Labute approximate surface area is 121 Å². The highest BCUT2D eigenvalue weighted by molar-refractivity contribution is 5.56. The third kappa shape index (κ3) is 2.44. The first kappa shape index (κ1) is 13.9. The lowest BCUT2D eigenvalue weighted by molar-refractivity contribution is 0.243. The highest BCUT2D eigenvalue weighted by atomic mass is 19.1. The van der Waals surface area contributed by atoms with Crippen LogP contribution in [-0.2, 0) is 0 Å². The van der Waals surface area contributed by atoms with E-state index in [-0.39, 0.29) is 11.9 Å². The second kappa shape index (κ2) is 5.72. The average molecular weight is 276 g/mol. The van der Waals surface area contributed by atoms with Crippen molar-refractivity contribution in [2.45, 2.75) is 57.5 Å². The zero-order valence-corrected chi connectivity index (χ0v) is 12.3. The molecular formula is C17H25FN2. The van der Waals surface area contributed by atoms with Crippen LogP contribution in [0.2, 0.25) is 0 Å². The second-order valence-electron chi connectivity index (χ2n) is 6.41. The first-order valence-corrected chi connectivity index (χ1v) is 7.99. The Balaban J connectivity index is 1.97. The Morgan fingerprint density at radius 3 is 2.75 bits per heavy atom. The lowest BCUT2D eigenvalue weighted by atomic mass is 9.78. The molecule has 2 nitrogen and oxygen atoms in total. The topological polar surface area (TPSA) is 29.3 Å². The molecule has 110 valence electrons. The molecule has 0 bridgehead atoms. The molecule has 1 aliphatic carbocycles. The van der Waals surface area contributed by atoms with Crippen LogP contribution in [0.1, 0.15) is 57.1 Å². The summed E-state index contributed by atoms with van der Waals surface area (Å²) in [5.41, 5.74) is 7.76. The fourth-order valence-corrected chi connectivity index (χ4v) is 4.15. The molecule has 20 heavy (non-hydrogen) atoms. The fourth-order valence-electron chi connectivity index (χ4n) is 4.15. The average Bonchev–Trinajstić information content (AvgIpc) is 2.46. The third-order valence-electron chi connectivity index (χ3n) is 5.04. The van der Waals surface area contributed by atoms with E-state index < -0.39 is 0 Å². The van der Waals surface area contributed by atoms with Gasteiger partial charge in [0.25, 0.3) is 0 Å². The highest BCUT2D eigenvalue weighted by Gasteiger charge is 2.34. The van der Waals surface area contributed by atoms with Gasteiger partial charge in [0.2, 0.25) is 0 Å². The van der Waals surface area contributed by atoms with Crippen LogP contribution in [0.3, 0.4) is 0 Å². The SMILES string of the molecule is CC(N)c1c(F)cccc1N1CCCC2CCCCC21. The summed E-state index contributed by atoms with van der Waals surface area (Å²) in [7, 11) is 0. The molecule has 0 radical (unpaired) electrons. The summed E-state index contributed by atoms with van der Waals surface area (Å²) in [6.07, 6.45) is 7.81. The number of rotatable bonds is 2. The molecule has 1 aliphatic heterocycles. The van der Waals surface area contributed by atoms with Gasteiger partial charge < -0.3 is 10.6 Å². The Hall–Kier alpha value is -1.09. The van der Waals surface area contributed by atoms with Gasteiger partial charge in [0.15, 0.2) is 0 Å². The van der Waals surface area contributed by atoms with E-state index in [1.807, 2.05) is 13.0 Å². The fraction of sp³-hybridized carbons (Fsp3) is 0.647.